The summed E-state index contributed by atoms with van der Waals surface area (Å²) >= 11 is 0. The molecule has 1 atom stereocenters. The summed E-state index contributed by atoms with van der Waals surface area (Å²) in [6.07, 6.45) is 0.962. The Hall–Kier alpha value is -2.82. The predicted octanol–water partition coefficient (Wildman–Crippen LogP) is 3.07. The summed E-state index contributed by atoms with van der Waals surface area (Å²) in [5.74, 6) is -0.775. The molecule has 1 unspecified atom stereocenters. The van der Waals surface area contributed by atoms with Crippen LogP contribution in [0.25, 0.3) is 0 Å². The van der Waals surface area contributed by atoms with Crippen molar-refractivity contribution in [3.8, 4) is 5.75 Å². The van der Waals surface area contributed by atoms with Crippen LogP contribution in [0.2, 0.25) is 0 Å². The number of methoxy groups -OCH3 is 1. The normalized spacial score (nSPS) is 11.5. The highest BCUT2D eigenvalue weighted by Gasteiger charge is 2.17. The molecule has 2 aromatic rings. The number of hydrogen-bond donors (Lipinski definition) is 2. The van der Waals surface area contributed by atoms with Crippen LogP contribution in [0.15, 0.2) is 48.5 Å². The van der Waals surface area contributed by atoms with E-state index in [4.69, 9.17) is 4.74 Å². The molecule has 0 bridgehead atoms. The van der Waals surface area contributed by atoms with E-state index in [2.05, 4.69) is 17.6 Å². The third-order valence-corrected chi connectivity index (χ3v) is 3.77. The molecule has 2 amide bonds. The van der Waals surface area contributed by atoms with Gasteiger partial charge in [-0.25, -0.2) is 0 Å². The maximum Gasteiger partial charge on any atom is 0.313 e. The van der Waals surface area contributed by atoms with Gasteiger partial charge in [-0.1, -0.05) is 37.3 Å². The van der Waals surface area contributed by atoms with Gasteiger partial charge in [0.2, 0.25) is 0 Å². The summed E-state index contributed by atoms with van der Waals surface area (Å²) in [4.78, 5) is 24.1. The molecule has 2 rings (SSSR count). The second kappa shape index (κ2) is 8.15. The van der Waals surface area contributed by atoms with Crippen LogP contribution in [0, 0.1) is 0 Å². The monoisotopic (exact) mass is 326 g/mol. The lowest BCUT2D eigenvalue weighted by molar-refractivity contribution is -0.136. The third-order valence-electron chi connectivity index (χ3n) is 3.77. The summed E-state index contributed by atoms with van der Waals surface area (Å²) in [7, 11) is 1.54. The number of hydrogen-bond acceptors (Lipinski definition) is 3. The lowest BCUT2D eigenvalue weighted by Crippen LogP contribution is -2.36. The summed E-state index contributed by atoms with van der Waals surface area (Å²) in [6, 6.07) is 14.6. The van der Waals surface area contributed by atoms with Crippen molar-refractivity contribution >= 4 is 17.5 Å². The standard InChI is InChI=1S/C19H22N2O3/c1-4-14-8-10-15(11-9-14)13(2)20-18(22)19(23)21-16-6-5-7-17(12-16)24-3/h5-13H,4H2,1-3H3,(H,20,22)(H,21,23). The third kappa shape index (κ3) is 4.59. The van der Waals surface area contributed by atoms with E-state index in [1.54, 1.807) is 31.4 Å². The minimum atomic E-state index is -0.708. The molecule has 0 aliphatic carbocycles. The van der Waals surface area contributed by atoms with Gasteiger partial charge in [0, 0.05) is 11.8 Å². The number of amides is 2. The topological polar surface area (TPSA) is 67.4 Å². The fourth-order valence-electron chi connectivity index (χ4n) is 2.28. The second-order valence-electron chi connectivity index (χ2n) is 5.48. The number of rotatable bonds is 5. The van der Waals surface area contributed by atoms with E-state index in [1.165, 1.54) is 5.56 Å². The van der Waals surface area contributed by atoms with Gasteiger partial charge in [-0.15, -0.1) is 0 Å². The lowest BCUT2D eigenvalue weighted by Gasteiger charge is -2.14. The van der Waals surface area contributed by atoms with Crippen molar-refractivity contribution in [1.82, 2.24) is 5.32 Å². The number of aryl methyl sites for hydroxylation is 1. The first kappa shape index (κ1) is 17.5. The van der Waals surface area contributed by atoms with E-state index in [0.29, 0.717) is 11.4 Å². The van der Waals surface area contributed by atoms with Crippen LogP contribution in [0.3, 0.4) is 0 Å². The molecule has 24 heavy (non-hydrogen) atoms. The summed E-state index contributed by atoms with van der Waals surface area (Å²) in [5.41, 5.74) is 2.69. The van der Waals surface area contributed by atoms with Crippen LogP contribution in [0.5, 0.6) is 5.75 Å². The van der Waals surface area contributed by atoms with Crippen molar-refractivity contribution in [3.63, 3.8) is 0 Å². The molecule has 5 nitrogen and oxygen atoms in total. The Morgan fingerprint density at radius 3 is 2.42 bits per heavy atom. The zero-order valence-electron chi connectivity index (χ0n) is 14.1. The van der Waals surface area contributed by atoms with Gasteiger partial charge >= 0.3 is 11.8 Å². The smallest absolute Gasteiger partial charge is 0.313 e. The molecule has 0 heterocycles. The molecular weight excluding hydrogens is 304 g/mol. The summed E-state index contributed by atoms with van der Waals surface area (Å²) < 4.78 is 5.09. The van der Waals surface area contributed by atoms with Crippen LogP contribution < -0.4 is 15.4 Å². The van der Waals surface area contributed by atoms with E-state index >= 15 is 0 Å². The molecule has 0 aromatic heterocycles. The van der Waals surface area contributed by atoms with Gasteiger partial charge in [0.15, 0.2) is 0 Å². The largest absolute Gasteiger partial charge is 0.497 e. The van der Waals surface area contributed by atoms with E-state index < -0.39 is 11.8 Å². The van der Waals surface area contributed by atoms with Crippen molar-refractivity contribution in [3.05, 3.63) is 59.7 Å². The number of carbonyl (C=O) groups is 2. The van der Waals surface area contributed by atoms with Crippen molar-refractivity contribution in [2.24, 2.45) is 0 Å². The van der Waals surface area contributed by atoms with Gasteiger partial charge in [0.05, 0.1) is 13.2 Å². The minimum absolute atomic E-state index is 0.250. The molecule has 0 aliphatic heterocycles. The fraction of sp³-hybridized carbons (Fsp3) is 0.263. The van der Waals surface area contributed by atoms with Gasteiger partial charge in [-0.05, 0) is 36.6 Å². The van der Waals surface area contributed by atoms with Gasteiger partial charge < -0.3 is 15.4 Å². The molecule has 0 radical (unpaired) electrons. The zero-order valence-corrected chi connectivity index (χ0v) is 14.1. The second-order valence-corrected chi connectivity index (χ2v) is 5.48. The van der Waals surface area contributed by atoms with Crippen LogP contribution in [-0.4, -0.2) is 18.9 Å². The number of nitrogens with one attached hydrogen (secondary N) is 2. The van der Waals surface area contributed by atoms with Crippen LogP contribution >= 0.6 is 0 Å². The first-order chi connectivity index (χ1) is 11.5. The van der Waals surface area contributed by atoms with Gasteiger partial charge in [-0.2, -0.15) is 0 Å². The Morgan fingerprint density at radius 1 is 1.08 bits per heavy atom. The molecule has 0 spiro atoms. The molecule has 2 N–H and O–H groups in total. The number of anilines is 1. The zero-order chi connectivity index (χ0) is 17.5. The van der Waals surface area contributed by atoms with E-state index in [1.807, 2.05) is 31.2 Å². The molecule has 5 heteroatoms. The number of benzene rings is 2. The Labute approximate surface area is 142 Å². The fourth-order valence-corrected chi connectivity index (χ4v) is 2.28. The first-order valence-corrected chi connectivity index (χ1v) is 7.88. The maximum atomic E-state index is 12.1. The SMILES string of the molecule is CCc1ccc(C(C)NC(=O)C(=O)Nc2cccc(OC)c2)cc1. The summed E-state index contributed by atoms with van der Waals surface area (Å²) in [5, 5.41) is 5.26. The van der Waals surface area contributed by atoms with Crippen molar-refractivity contribution in [2.45, 2.75) is 26.3 Å². The predicted molar refractivity (Wildman–Crippen MR) is 94.0 cm³/mol. The van der Waals surface area contributed by atoms with Crippen LogP contribution in [0.4, 0.5) is 5.69 Å². The van der Waals surface area contributed by atoms with E-state index in [0.717, 1.165) is 12.0 Å². The average molecular weight is 326 g/mol. The van der Waals surface area contributed by atoms with Crippen molar-refractivity contribution < 1.29 is 14.3 Å². The quantitative estimate of drug-likeness (QED) is 0.830. The highest BCUT2D eigenvalue weighted by Crippen LogP contribution is 2.17. The lowest BCUT2D eigenvalue weighted by atomic mass is 10.1. The minimum Gasteiger partial charge on any atom is -0.497 e. The average Bonchev–Trinajstić information content (AvgIpc) is 2.61. The molecule has 0 saturated carbocycles. The summed E-state index contributed by atoms with van der Waals surface area (Å²) in [6.45, 7) is 3.93. The Kier molecular flexibility index (Phi) is 5.95. The number of ether oxygens (including phenoxy) is 1. The van der Waals surface area contributed by atoms with Crippen LogP contribution in [-0.2, 0) is 16.0 Å². The Balaban J connectivity index is 1.95. The van der Waals surface area contributed by atoms with Crippen LogP contribution in [0.1, 0.15) is 31.0 Å². The van der Waals surface area contributed by atoms with E-state index in [-0.39, 0.29) is 6.04 Å². The first-order valence-electron chi connectivity index (χ1n) is 7.88. The molecule has 0 saturated heterocycles. The molecule has 126 valence electrons. The Morgan fingerprint density at radius 2 is 1.79 bits per heavy atom. The van der Waals surface area contributed by atoms with Crippen molar-refractivity contribution in [1.29, 1.82) is 0 Å². The molecule has 0 aliphatic rings. The van der Waals surface area contributed by atoms with Gasteiger partial charge in [0.1, 0.15) is 5.75 Å². The maximum absolute atomic E-state index is 12.1. The van der Waals surface area contributed by atoms with Gasteiger partial charge in [-0.3, -0.25) is 9.59 Å². The van der Waals surface area contributed by atoms with Gasteiger partial charge in [0.25, 0.3) is 0 Å². The molecular formula is C19H22N2O3. The molecule has 2 aromatic carbocycles. The van der Waals surface area contributed by atoms with Crippen molar-refractivity contribution in [2.75, 3.05) is 12.4 Å². The Bertz CT molecular complexity index is 711. The highest BCUT2D eigenvalue weighted by molar-refractivity contribution is 6.39. The molecule has 0 fully saturated rings. The van der Waals surface area contributed by atoms with E-state index in [9.17, 15) is 9.59 Å². The highest BCUT2D eigenvalue weighted by atomic mass is 16.5. The number of carbonyl (C=O) groups excluding carboxylic acids is 2.